The van der Waals surface area contributed by atoms with Crippen molar-refractivity contribution in [2.45, 2.75) is 13.3 Å². The fourth-order valence-corrected chi connectivity index (χ4v) is 1.89. The number of rotatable bonds is 7. The van der Waals surface area contributed by atoms with Crippen LogP contribution >= 0.6 is 15.9 Å². The Morgan fingerprint density at radius 3 is 2.50 bits per heavy atom. The van der Waals surface area contributed by atoms with Gasteiger partial charge in [0.05, 0.1) is 0 Å². The summed E-state index contributed by atoms with van der Waals surface area (Å²) in [5.41, 5.74) is 0.744. The Morgan fingerprint density at radius 1 is 1.25 bits per heavy atom. The van der Waals surface area contributed by atoms with Crippen LogP contribution in [-0.2, 0) is 9.59 Å². The summed E-state index contributed by atoms with van der Waals surface area (Å²) in [6.07, 6.45) is 0.258. The van der Waals surface area contributed by atoms with Gasteiger partial charge in [-0.15, -0.1) is 0 Å². The third-order valence-electron chi connectivity index (χ3n) is 2.74. The van der Waals surface area contributed by atoms with Crippen LogP contribution in [0, 0.1) is 5.92 Å². The molecule has 1 rings (SSSR count). The minimum atomic E-state index is -0.117. The summed E-state index contributed by atoms with van der Waals surface area (Å²) in [6, 6.07) is 7.35. The monoisotopic (exact) mass is 341 g/mol. The van der Waals surface area contributed by atoms with E-state index in [-0.39, 0.29) is 24.2 Å². The maximum atomic E-state index is 11.7. The Bertz CT molecular complexity index is 448. The minimum absolute atomic E-state index is 0.0456. The zero-order valence-corrected chi connectivity index (χ0v) is 13.3. The van der Waals surface area contributed by atoms with Crippen LogP contribution in [0.1, 0.15) is 13.3 Å². The van der Waals surface area contributed by atoms with Gasteiger partial charge < -0.3 is 16.0 Å². The number of hydrogen-bond acceptors (Lipinski definition) is 3. The van der Waals surface area contributed by atoms with Crippen molar-refractivity contribution < 1.29 is 9.59 Å². The zero-order chi connectivity index (χ0) is 15.0. The molecule has 0 aliphatic heterocycles. The molecule has 0 aliphatic rings. The summed E-state index contributed by atoms with van der Waals surface area (Å²) < 4.78 is 0.960. The van der Waals surface area contributed by atoms with E-state index in [4.69, 9.17) is 0 Å². The molecule has 0 aliphatic carbocycles. The standard InChI is InChI=1S/C14H20BrN3O2/c1-10(9-16-2)14(20)17-8-7-13(19)18-12-5-3-11(15)4-6-12/h3-6,10,16H,7-9H2,1-2H3,(H,17,20)(H,18,19). The number of nitrogens with one attached hydrogen (secondary N) is 3. The number of hydrogen-bond donors (Lipinski definition) is 3. The van der Waals surface area contributed by atoms with Crippen molar-refractivity contribution in [2.75, 3.05) is 25.5 Å². The average Bonchev–Trinajstić information content (AvgIpc) is 2.41. The van der Waals surface area contributed by atoms with Crippen LogP contribution in [-0.4, -0.2) is 32.0 Å². The molecule has 5 nitrogen and oxygen atoms in total. The molecule has 1 aromatic carbocycles. The van der Waals surface area contributed by atoms with Crippen LogP contribution in [0.15, 0.2) is 28.7 Å². The van der Waals surface area contributed by atoms with Crippen LogP contribution in [0.2, 0.25) is 0 Å². The molecule has 1 atom stereocenters. The molecule has 0 radical (unpaired) electrons. The highest BCUT2D eigenvalue weighted by molar-refractivity contribution is 9.10. The maximum absolute atomic E-state index is 11.7. The summed E-state index contributed by atoms with van der Waals surface area (Å²) in [5, 5.41) is 8.46. The van der Waals surface area contributed by atoms with Crippen molar-refractivity contribution in [1.29, 1.82) is 0 Å². The van der Waals surface area contributed by atoms with Gasteiger partial charge in [-0.25, -0.2) is 0 Å². The van der Waals surface area contributed by atoms with E-state index in [9.17, 15) is 9.59 Å². The van der Waals surface area contributed by atoms with E-state index in [0.717, 1.165) is 10.2 Å². The highest BCUT2D eigenvalue weighted by atomic mass is 79.9. The fraction of sp³-hybridized carbons (Fsp3) is 0.429. The largest absolute Gasteiger partial charge is 0.355 e. The van der Waals surface area contributed by atoms with Gasteiger partial charge in [-0.05, 0) is 31.3 Å². The minimum Gasteiger partial charge on any atom is -0.355 e. The van der Waals surface area contributed by atoms with E-state index >= 15 is 0 Å². The highest BCUT2D eigenvalue weighted by Gasteiger charge is 2.11. The first-order valence-electron chi connectivity index (χ1n) is 6.50. The second-order valence-electron chi connectivity index (χ2n) is 4.55. The second-order valence-corrected chi connectivity index (χ2v) is 5.47. The van der Waals surface area contributed by atoms with Crippen molar-refractivity contribution in [3.05, 3.63) is 28.7 Å². The smallest absolute Gasteiger partial charge is 0.226 e. The van der Waals surface area contributed by atoms with Gasteiger partial charge in [-0.1, -0.05) is 22.9 Å². The van der Waals surface area contributed by atoms with Gasteiger partial charge >= 0.3 is 0 Å². The Balaban J connectivity index is 2.26. The molecule has 0 heterocycles. The number of anilines is 1. The summed E-state index contributed by atoms with van der Waals surface area (Å²) in [5.74, 6) is -0.265. The molecule has 2 amide bonds. The lowest BCUT2D eigenvalue weighted by molar-refractivity contribution is -0.124. The molecule has 1 unspecified atom stereocenters. The van der Waals surface area contributed by atoms with Crippen LogP contribution in [0.25, 0.3) is 0 Å². The Hall–Kier alpha value is -1.40. The molecule has 0 fully saturated rings. The lowest BCUT2D eigenvalue weighted by atomic mass is 10.1. The lowest BCUT2D eigenvalue weighted by Gasteiger charge is -2.11. The van der Waals surface area contributed by atoms with Crippen LogP contribution in [0.5, 0.6) is 0 Å². The predicted octanol–water partition coefficient (Wildman–Crippen LogP) is 1.75. The zero-order valence-electron chi connectivity index (χ0n) is 11.7. The molecule has 0 saturated heterocycles. The summed E-state index contributed by atoms with van der Waals surface area (Å²) >= 11 is 3.33. The molecule has 110 valence electrons. The summed E-state index contributed by atoms with van der Waals surface area (Å²) in [6.45, 7) is 2.81. The van der Waals surface area contributed by atoms with Gasteiger partial charge in [0.25, 0.3) is 0 Å². The van der Waals surface area contributed by atoms with E-state index < -0.39 is 0 Å². The molecule has 20 heavy (non-hydrogen) atoms. The van der Waals surface area contributed by atoms with Crippen molar-refractivity contribution in [2.24, 2.45) is 5.92 Å². The van der Waals surface area contributed by atoms with Gasteiger partial charge in [0, 0.05) is 35.6 Å². The lowest BCUT2D eigenvalue weighted by Crippen LogP contribution is -2.35. The van der Waals surface area contributed by atoms with E-state index in [1.807, 2.05) is 31.2 Å². The van der Waals surface area contributed by atoms with Gasteiger partial charge in [0.2, 0.25) is 11.8 Å². The first-order chi connectivity index (χ1) is 9.52. The van der Waals surface area contributed by atoms with Crippen molar-refractivity contribution in [1.82, 2.24) is 10.6 Å². The molecule has 6 heteroatoms. The molecule has 0 saturated carbocycles. The van der Waals surface area contributed by atoms with E-state index in [1.165, 1.54) is 0 Å². The van der Waals surface area contributed by atoms with Crippen LogP contribution in [0.3, 0.4) is 0 Å². The van der Waals surface area contributed by atoms with Gasteiger partial charge in [-0.3, -0.25) is 9.59 Å². The Labute approximate surface area is 127 Å². The number of amides is 2. The van der Waals surface area contributed by atoms with Crippen molar-refractivity contribution in [3.8, 4) is 0 Å². The normalized spacial score (nSPS) is 11.8. The maximum Gasteiger partial charge on any atom is 0.226 e. The first-order valence-corrected chi connectivity index (χ1v) is 7.30. The second kappa shape index (κ2) is 8.71. The van der Waals surface area contributed by atoms with E-state index in [2.05, 4.69) is 31.9 Å². The molecule has 0 aromatic heterocycles. The van der Waals surface area contributed by atoms with Gasteiger partial charge in [-0.2, -0.15) is 0 Å². The average molecular weight is 342 g/mol. The highest BCUT2D eigenvalue weighted by Crippen LogP contribution is 2.14. The third-order valence-corrected chi connectivity index (χ3v) is 3.27. The van der Waals surface area contributed by atoms with Crippen LogP contribution < -0.4 is 16.0 Å². The number of halogens is 1. The quantitative estimate of drug-likeness (QED) is 0.707. The molecule has 1 aromatic rings. The molecule has 3 N–H and O–H groups in total. The van der Waals surface area contributed by atoms with Crippen molar-refractivity contribution >= 4 is 33.4 Å². The molecular weight excluding hydrogens is 322 g/mol. The number of benzene rings is 1. The van der Waals surface area contributed by atoms with Crippen molar-refractivity contribution in [3.63, 3.8) is 0 Å². The van der Waals surface area contributed by atoms with Crippen LogP contribution in [0.4, 0.5) is 5.69 Å². The number of carbonyl (C=O) groups is 2. The number of carbonyl (C=O) groups excluding carboxylic acids is 2. The molecule has 0 bridgehead atoms. The SMILES string of the molecule is CNCC(C)C(=O)NCCC(=O)Nc1ccc(Br)cc1. The molecule has 0 spiro atoms. The third kappa shape index (κ3) is 6.16. The topological polar surface area (TPSA) is 70.2 Å². The summed E-state index contributed by atoms with van der Waals surface area (Å²) in [4.78, 5) is 23.3. The predicted molar refractivity (Wildman–Crippen MR) is 83.5 cm³/mol. The first kappa shape index (κ1) is 16.7. The summed E-state index contributed by atoms with van der Waals surface area (Å²) in [7, 11) is 1.80. The Morgan fingerprint density at radius 2 is 1.90 bits per heavy atom. The fourth-order valence-electron chi connectivity index (χ4n) is 1.63. The van der Waals surface area contributed by atoms with Gasteiger partial charge in [0.1, 0.15) is 0 Å². The van der Waals surface area contributed by atoms with E-state index in [0.29, 0.717) is 13.1 Å². The van der Waals surface area contributed by atoms with Gasteiger partial charge in [0.15, 0.2) is 0 Å². The molecular formula is C14H20BrN3O2. The Kier molecular flexibility index (Phi) is 7.25. The van der Waals surface area contributed by atoms with E-state index in [1.54, 1.807) is 7.05 Å².